The second-order valence-electron chi connectivity index (χ2n) is 10.4. The largest absolute Gasteiger partial charge is 0.395 e. The third kappa shape index (κ3) is 3.41. The topological polar surface area (TPSA) is 93.8 Å². The fraction of sp³-hybridized carbons (Fsp3) is 0.870. The van der Waals surface area contributed by atoms with E-state index in [1.807, 2.05) is 0 Å². The molecule has 0 radical (unpaired) electrons. The molecule has 1 amide bonds. The third-order valence-corrected chi connectivity index (χ3v) is 9.26. The van der Waals surface area contributed by atoms with Gasteiger partial charge in [-0.25, -0.2) is 0 Å². The van der Waals surface area contributed by atoms with E-state index in [0.717, 1.165) is 63.6 Å². The van der Waals surface area contributed by atoms with Crippen LogP contribution in [0.5, 0.6) is 0 Å². The number of hydrogen-bond donors (Lipinski definition) is 2. The lowest BCUT2D eigenvalue weighted by molar-refractivity contribution is -0.142. The number of oxime groups is 1. The zero-order valence-corrected chi connectivity index (χ0v) is 18.0. The predicted octanol–water partition coefficient (Wildman–Crippen LogP) is 2.90. The third-order valence-electron chi connectivity index (χ3n) is 9.26. The van der Waals surface area contributed by atoms with Gasteiger partial charge in [-0.3, -0.25) is 9.59 Å². The molecule has 0 aliphatic heterocycles. The maximum absolute atomic E-state index is 12.7. The molecule has 0 heterocycles. The Labute approximate surface area is 174 Å². The molecule has 0 aromatic rings. The summed E-state index contributed by atoms with van der Waals surface area (Å²) >= 11 is 0. The van der Waals surface area contributed by atoms with Gasteiger partial charge in [0.25, 0.3) is 0 Å². The maximum Gasteiger partial charge on any atom is 0.207 e. The number of nitrogens with one attached hydrogen (secondary N) is 1. The van der Waals surface area contributed by atoms with Crippen molar-refractivity contribution < 1.29 is 14.4 Å². The molecule has 0 saturated heterocycles. The van der Waals surface area contributed by atoms with Crippen LogP contribution < -0.4 is 11.1 Å². The number of nitrogens with zero attached hydrogens (tertiary/aromatic N) is 1. The van der Waals surface area contributed by atoms with Gasteiger partial charge in [0.05, 0.1) is 5.71 Å². The van der Waals surface area contributed by atoms with Gasteiger partial charge in [0.1, 0.15) is 12.4 Å². The Morgan fingerprint density at radius 3 is 2.79 bits per heavy atom. The number of Topliss-reactive ketones (excluding diaryl/α,β-unsaturated/α-hetero) is 1. The summed E-state index contributed by atoms with van der Waals surface area (Å²) in [6.07, 6.45) is 9.05. The zero-order chi connectivity index (χ0) is 20.6. The van der Waals surface area contributed by atoms with Crippen molar-refractivity contribution in [2.45, 2.75) is 65.2 Å². The summed E-state index contributed by atoms with van der Waals surface area (Å²) in [5, 5.41) is 7.36. The number of fused-ring (bicyclic) bond motifs is 5. The summed E-state index contributed by atoms with van der Waals surface area (Å²) in [6, 6.07) is 0. The van der Waals surface area contributed by atoms with Crippen molar-refractivity contribution in [3.63, 3.8) is 0 Å². The van der Waals surface area contributed by atoms with E-state index in [1.165, 1.54) is 6.42 Å². The van der Waals surface area contributed by atoms with Crippen LogP contribution in [0.15, 0.2) is 5.16 Å². The summed E-state index contributed by atoms with van der Waals surface area (Å²) in [7, 11) is 0. The molecule has 0 spiro atoms. The van der Waals surface area contributed by atoms with E-state index in [0.29, 0.717) is 48.5 Å². The van der Waals surface area contributed by atoms with Gasteiger partial charge in [0.2, 0.25) is 6.41 Å². The number of rotatable bonds is 6. The molecular formula is C23H37N3O3. The fourth-order valence-corrected chi connectivity index (χ4v) is 7.77. The van der Waals surface area contributed by atoms with E-state index in [9.17, 15) is 9.59 Å². The van der Waals surface area contributed by atoms with Crippen LogP contribution in [0.4, 0.5) is 0 Å². The molecule has 29 heavy (non-hydrogen) atoms. The lowest BCUT2D eigenvalue weighted by atomic mass is 9.43. The monoisotopic (exact) mass is 403 g/mol. The molecule has 6 heteroatoms. The van der Waals surface area contributed by atoms with Gasteiger partial charge in [0, 0.05) is 24.9 Å². The summed E-state index contributed by atoms with van der Waals surface area (Å²) in [4.78, 5) is 29.2. The van der Waals surface area contributed by atoms with E-state index in [1.54, 1.807) is 0 Å². The van der Waals surface area contributed by atoms with Crippen molar-refractivity contribution >= 4 is 17.9 Å². The van der Waals surface area contributed by atoms with Crippen LogP contribution in [0.1, 0.15) is 65.2 Å². The van der Waals surface area contributed by atoms with Crippen LogP contribution in [0, 0.1) is 40.4 Å². The Hall–Kier alpha value is -1.43. The molecule has 0 aromatic heterocycles. The smallest absolute Gasteiger partial charge is 0.207 e. The zero-order valence-electron chi connectivity index (χ0n) is 18.0. The first-order chi connectivity index (χ1) is 13.9. The van der Waals surface area contributed by atoms with Gasteiger partial charge < -0.3 is 15.9 Å². The molecule has 6 nitrogen and oxygen atoms in total. The highest BCUT2D eigenvalue weighted by atomic mass is 16.6. The SMILES string of the molecule is C[C@]12CCC(=NOCCN)CC1[C@@H](CNC=O)C[C@@H]1[C@@H]2CC[C@]2(C)C(=O)CC[C@@H]12. The quantitative estimate of drug-likeness (QED) is 0.405. The molecule has 4 saturated carbocycles. The van der Waals surface area contributed by atoms with Crippen molar-refractivity contribution in [1.82, 2.24) is 5.32 Å². The summed E-state index contributed by atoms with van der Waals surface area (Å²) in [5.41, 5.74) is 6.81. The van der Waals surface area contributed by atoms with E-state index in [-0.39, 0.29) is 10.8 Å². The standard InChI is InChI=1S/C23H37N3O3/c1-22-7-5-16(26-29-10-9-24)12-20(22)15(13-25-14-27)11-17-18-3-4-21(28)23(18,2)8-6-19(17)22/h14-15,17-20H,3-13,24H2,1-2H3,(H,25,27)/t15-,17+,18+,19+,20?,22-,23+/m1/s1. The molecule has 162 valence electrons. The molecule has 0 bridgehead atoms. The van der Waals surface area contributed by atoms with Gasteiger partial charge in [-0.1, -0.05) is 19.0 Å². The second kappa shape index (κ2) is 8.01. The Morgan fingerprint density at radius 2 is 2.03 bits per heavy atom. The molecule has 4 rings (SSSR count). The van der Waals surface area contributed by atoms with Crippen LogP contribution in [-0.4, -0.2) is 37.6 Å². The van der Waals surface area contributed by atoms with Crippen molar-refractivity contribution in [3.05, 3.63) is 0 Å². The first kappa shape index (κ1) is 20.8. The van der Waals surface area contributed by atoms with Crippen LogP contribution in [0.3, 0.4) is 0 Å². The van der Waals surface area contributed by atoms with Crippen molar-refractivity contribution in [2.24, 2.45) is 51.3 Å². The number of nitrogens with two attached hydrogens (primary N) is 1. The summed E-state index contributed by atoms with van der Waals surface area (Å²) < 4.78 is 0. The Bertz CT molecular complexity index is 680. The van der Waals surface area contributed by atoms with Crippen molar-refractivity contribution in [1.29, 1.82) is 0 Å². The van der Waals surface area contributed by atoms with Crippen LogP contribution in [-0.2, 0) is 14.4 Å². The molecule has 4 aliphatic carbocycles. The molecule has 3 N–H and O–H groups in total. The predicted molar refractivity (Wildman–Crippen MR) is 112 cm³/mol. The second-order valence-corrected chi connectivity index (χ2v) is 10.4. The normalized spacial score (nSPS) is 45.3. The number of hydrogen-bond acceptors (Lipinski definition) is 5. The van der Waals surface area contributed by atoms with E-state index < -0.39 is 0 Å². The minimum Gasteiger partial charge on any atom is -0.395 e. The van der Waals surface area contributed by atoms with E-state index in [4.69, 9.17) is 10.6 Å². The first-order valence-electron chi connectivity index (χ1n) is 11.5. The van der Waals surface area contributed by atoms with Crippen molar-refractivity contribution in [3.8, 4) is 0 Å². The van der Waals surface area contributed by atoms with Crippen LogP contribution in [0.2, 0.25) is 0 Å². The van der Waals surface area contributed by atoms with Gasteiger partial charge in [-0.15, -0.1) is 0 Å². The molecule has 7 atom stereocenters. The highest BCUT2D eigenvalue weighted by Crippen LogP contribution is 2.66. The van der Waals surface area contributed by atoms with E-state index >= 15 is 0 Å². The number of amides is 1. The van der Waals surface area contributed by atoms with Gasteiger partial charge >= 0.3 is 0 Å². The van der Waals surface area contributed by atoms with Crippen LogP contribution in [0.25, 0.3) is 0 Å². The average molecular weight is 404 g/mol. The van der Waals surface area contributed by atoms with Gasteiger partial charge in [0.15, 0.2) is 0 Å². The first-order valence-corrected chi connectivity index (χ1v) is 11.5. The van der Waals surface area contributed by atoms with Crippen molar-refractivity contribution in [2.75, 3.05) is 19.7 Å². The maximum atomic E-state index is 12.7. The summed E-state index contributed by atoms with van der Waals surface area (Å²) in [5.74, 6) is 3.23. The Balaban J connectivity index is 1.61. The molecule has 1 unspecified atom stereocenters. The highest BCUT2D eigenvalue weighted by Gasteiger charge is 2.61. The molecule has 4 aliphatic rings. The average Bonchev–Trinajstić information content (AvgIpc) is 3.01. The highest BCUT2D eigenvalue weighted by molar-refractivity contribution is 5.87. The van der Waals surface area contributed by atoms with Crippen LogP contribution >= 0.6 is 0 Å². The number of carbonyl (C=O) groups is 2. The number of ketones is 1. The minimum atomic E-state index is -0.107. The Kier molecular flexibility index (Phi) is 5.75. The Morgan fingerprint density at radius 1 is 1.21 bits per heavy atom. The molecule has 0 aromatic carbocycles. The van der Waals surface area contributed by atoms with E-state index in [2.05, 4.69) is 24.3 Å². The minimum absolute atomic E-state index is 0.107. The van der Waals surface area contributed by atoms with Gasteiger partial charge in [-0.2, -0.15) is 0 Å². The molecule has 4 fully saturated rings. The fourth-order valence-electron chi connectivity index (χ4n) is 7.77. The molecular weight excluding hydrogens is 366 g/mol. The summed E-state index contributed by atoms with van der Waals surface area (Å²) in [6.45, 7) is 6.38. The lowest BCUT2D eigenvalue weighted by Gasteiger charge is -2.61. The number of carbonyl (C=O) groups excluding carboxylic acids is 2. The lowest BCUT2D eigenvalue weighted by Crippen LogP contribution is -2.57. The van der Waals surface area contributed by atoms with Gasteiger partial charge in [-0.05, 0) is 80.0 Å².